The van der Waals surface area contributed by atoms with Crippen molar-refractivity contribution in [3.63, 3.8) is 0 Å². The Kier molecular flexibility index (Phi) is 6.33. The average Bonchev–Trinajstić information content (AvgIpc) is 2.63. The molecule has 3 rings (SSSR count). The summed E-state index contributed by atoms with van der Waals surface area (Å²) in [5.41, 5.74) is 0.655. The number of benzene rings is 2. The zero-order valence-corrected chi connectivity index (χ0v) is 17.2. The normalized spacial score (nSPS) is 16.3. The van der Waals surface area contributed by atoms with Gasteiger partial charge in [-0.2, -0.15) is 4.31 Å². The molecule has 1 aliphatic heterocycles. The Morgan fingerprint density at radius 2 is 1.52 bits per heavy atom. The fraction of sp³-hybridized carbons (Fsp3) is 0.278. The molecule has 1 heterocycles. The van der Waals surface area contributed by atoms with Crippen LogP contribution in [0.4, 0.5) is 5.69 Å². The van der Waals surface area contributed by atoms with E-state index in [-0.39, 0.29) is 39.9 Å². The summed E-state index contributed by atoms with van der Waals surface area (Å²) in [4.78, 5) is 12.3. The molecule has 0 spiro atoms. The summed E-state index contributed by atoms with van der Waals surface area (Å²) in [5.74, 6) is -0.404. The van der Waals surface area contributed by atoms with Gasteiger partial charge in [-0.15, -0.1) is 0 Å². The first-order valence-corrected chi connectivity index (χ1v) is 10.9. The Hall–Kier alpha value is -1.31. The van der Waals surface area contributed by atoms with Gasteiger partial charge in [0.1, 0.15) is 4.90 Å². The van der Waals surface area contributed by atoms with Gasteiger partial charge in [-0.05, 0) is 49.2 Å². The van der Waals surface area contributed by atoms with Crippen LogP contribution < -0.4 is 5.32 Å². The lowest BCUT2D eigenvalue weighted by atomic mass is 9.97. The monoisotopic (exact) mass is 446 g/mol. The maximum Gasteiger partial charge on any atom is 0.246 e. The lowest BCUT2D eigenvalue weighted by molar-refractivity contribution is -0.120. The first kappa shape index (κ1) is 20.4. The van der Waals surface area contributed by atoms with Gasteiger partial charge in [0.15, 0.2) is 0 Å². The number of halogens is 3. The van der Waals surface area contributed by atoms with E-state index in [1.54, 1.807) is 30.3 Å². The van der Waals surface area contributed by atoms with Gasteiger partial charge in [0.05, 0.1) is 10.0 Å². The average molecular weight is 448 g/mol. The van der Waals surface area contributed by atoms with Crippen molar-refractivity contribution in [2.75, 3.05) is 18.4 Å². The third kappa shape index (κ3) is 4.58. The second kappa shape index (κ2) is 8.37. The minimum Gasteiger partial charge on any atom is -0.326 e. The van der Waals surface area contributed by atoms with Gasteiger partial charge in [0.25, 0.3) is 0 Å². The predicted molar refractivity (Wildman–Crippen MR) is 108 cm³/mol. The Balaban J connectivity index is 1.66. The summed E-state index contributed by atoms with van der Waals surface area (Å²) < 4.78 is 27.1. The summed E-state index contributed by atoms with van der Waals surface area (Å²) in [6.45, 7) is 0.450. The van der Waals surface area contributed by atoms with Gasteiger partial charge >= 0.3 is 0 Å². The second-order valence-electron chi connectivity index (χ2n) is 6.23. The maximum atomic E-state index is 12.9. The molecule has 144 valence electrons. The lowest BCUT2D eigenvalue weighted by Gasteiger charge is -2.31. The highest BCUT2D eigenvalue weighted by Crippen LogP contribution is 2.33. The molecular weight excluding hydrogens is 431 g/mol. The van der Waals surface area contributed by atoms with E-state index in [2.05, 4.69) is 5.32 Å². The van der Waals surface area contributed by atoms with E-state index in [9.17, 15) is 13.2 Å². The van der Waals surface area contributed by atoms with Gasteiger partial charge in [-0.3, -0.25) is 4.79 Å². The molecule has 0 atom stereocenters. The molecule has 27 heavy (non-hydrogen) atoms. The molecule has 5 nitrogen and oxygen atoms in total. The topological polar surface area (TPSA) is 66.5 Å². The van der Waals surface area contributed by atoms with Crippen molar-refractivity contribution < 1.29 is 13.2 Å². The smallest absolute Gasteiger partial charge is 0.246 e. The van der Waals surface area contributed by atoms with Crippen molar-refractivity contribution in [1.82, 2.24) is 4.31 Å². The van der Waals surface area contributed by atoms with Crippen LogP contribution in [-0.4, -0.2) is 31.7 Å². The number of carbonyl (C=O) groups is 1. The zero-order valence-electron chi connectivity index (χ0n) is 14.2. The van der Waals surface area contributed by atoms with Crippen LogP contribution in [0.3, 0.4) is 0 Å². The molecule has 1 fully saturated rings. The molecule has 9 heteroatoms. The standard InChI is InChI=1S/C18H17Cl3N2O3S/c19-13-4-6-14(7-5-13)22-18(24)12-8-10-23(11-9-12)27(25,26)17-15(20)2-1-3-16(17)21/h1-7,12H,8-11H2,(H,22,24). The highest BCUT2D eigenvalue weighted by atomic mass is 35.5. The first-order chi connectivity index (χ1) is 12.8. The molecule has 0 saturated carbocycles. The van der Waals surface area contributed by atoms with Crippen LogP contribution in [-0.2, 0) is 14.8 Å². The summed E-state index contributed by atoms with van der Waals surface area (Å²) >= 11 is 17.9. The van der Waals surface area contributed by atoms with E-state index in [0.29, 0.717) is 23.6 Å². The molecular formula is C18H17Cl3N2O3S. The minimum absolute atomic E-state index is 0.0857. The molecule has 0 unspecified atom stereocenters. The molecule has 0 aromatic heterocycles. The van der Waals surface area contributed by atoms with Crippen molar-refractivity contribution in [2.45, 2.75) is 17.7 Å². The molecule has 0 aliphatic carbocycles. The van der Waals surface area contributed by atoms with E-state index in [1.807, 2.05) is 0 Å². The molecule has 1 aliphatic rings. The van der Waals surface area contributed by atoms with E-state index in [0.717, 1.165) is 0 Å². The van der Waals surface area contributed by atoms with Crippen LogP contribution in [0, 0.1) is 5.92 Å². The van der Waals surface area contributed by atoms with Crippen LogP contribution in [0.15, 0.2) is 47.4 Å². The largest absolute Gasteiger partial charge is 0.326 e. The van der Waals surface area contributed by atoms with Crippen LogP contribution in [0.1, 0.15) is 12.8 Å². The molecule has 1 saturated heterocycles. The van der Waals surface area contributed by atoms with E-state index >= 15 is 0 Å². The maximum absolute atomic E-state index is 12.9. The Labute approximate surface area is 173 Å². The third-order valence-corrected chi connectivity index (χ3v) is 7.56. The number of rotatable bonds is 4. The van der Waals surface area contributed by atoms with Crippen LogP contribution in [0.5, 0.6) is 0 Å². The van der Waals surface area contributed by atoms with E-state index in [1.165, 1.54) is 16.4 Å². The number of hydrogen-bond donors (Lipinski definition) is 1. The highest BCUT2D eigenvalue weighted by molar-refractivity contribution is 7.89. The molecule has 0 bridgehead atoms. The molecule has 1 amide bonds. The van der Waals surface area contributed by atoms with Crippen LogP contribution >= 0.6 is 34.8 Å². The predicted octanol–water partition coefficient (Wildman–Crippen LogP) is 4.69. The van der Waals surface area contributed by atoms with Crippen molar-refractivity contribution in [2.24, 2.45) is 5.92 Å². The summed E-state index contributed by atoms with van der Waals surface area (Å²) in [6.07, 6.45) is 0.835. The summed E-state index contributed by atoms with van der Waals surface area (Å²) in [5, 5.41) is 3.60. The number of carbonyl (C=O) groups excluding carboxylic acids is 1. The van der Waals surface area contributed by atoms with Gasteiger partial charge in [-0.1, -0.05) is 40.9 Å². The van der Waals surface area contributed by atoms with Gasteiger partial charge in [-0.25, -0.2) is 8.42 Å². The quantitative estimate of drug-likeness (QED) is 0.739. The fourth-order valence-corrected chi connectivity index (χ4v) is 5.68. The lowest BCUT2D eigenvalue weighted by Crippen LogP contribution is -2.41. The molecule has 0 radical (unpaired) electrons. The summed E-state index contributed by atoms with van der Waals surface area (Å²) in [6, 6.07) is 11.4. The highest BCUT2D eigenvalue weighted by Gasteiger charge is 2.34. The van der Waals surface area contributed by atoms with Gasteiger partial charge in [0, 0.05) is 29.7 Å². The van der Waals surface area contributed by atoms with Crippen molar-refractivity contribution in [3.8, 4) is 0 Å². The Morgan fingerprint density at radius 3 is 2.07 bits per heavy atom. The number of amides is 1. The second-order valence-corrected chi connectivity index (χ2v) is 9.35. The van der Waals surface area contributed by atoms with E-state index < -0.39 is 10.0 Å². The number of sulfonamides is 1. The van der Waals surface area contributed by atoms with Gasteiger partial charge in [0.2, 0.25) is 15.9 Å². The number of hydrogen-bond acceptors (Lipinski definition) is 3. The van der Waals surface area contributed by atoms with E-state index in [4.69, 9.17) is 34.8 Å². The van der Waals surface area contributed by atoms with Crippen molar-refractivity contribution >= 4 is 56.4 Å². The Morgan fingerprint density at radius 1 is 0.963 bits per heavy atom. The van der Waals surface area contributed by atoms with Crippen LogP contribution in [0.25, 0.3) is 0 Å². The van der Waals surface area contributed by atoms with Crippen LogP contribution in [0.2, 0.25) is 15.1 Å². The summed E-state index contributed by atoms with van der Waals surface area (Å²) in [7, 11) is -3.81. The minimum atomic E-state index is -3.81. The number of nitrogens with one attached hydrogen (secondary N) is 1. The zero-order chi connectivity index (χ0) is 19.6. The first-order valence-electron chi connectivity index (χ1n) is 8.29. The Bertz CT molecular complexity index is 921. The molecule has 2 aromatic rings. The molecule has 2 aromatic carbocycles. The van der Waals surface area contributed by atoms with Gasteiger partial charge < -0.3 is 5.32 Å². The van der Waals surface area contributed by atoms with Crippen molar-refractivity contribution in [1.29, 1.82) is 0 Å². The SMILES string of the molecule is O=C(Nc1ccc(Cl)cc1)C1CCN(S(=O)(=O)c2c(Cl)cccc2Cl)CC1. The third-order valence-electron chi connectivity index (χ3n) is 4.45. The number of piperidine rings is 1. The number of nitrogens with zero attached hydrogens (tertiary/aromatic N) is 1. The van der Waals surface area contributed by atoms with Crippen molar-refractivity contribution in [3.05, 3.63) is 57.5 Å². The fourth-order valence-electron chi connectivity index (χ4n) is 2.99. The number of anilines is 1. The molecule has 1 N–H and O–H groups in total.